The molecule has 0 saturated heterocycles. The zero-order chi connectivity index (χ0) is 39.6. The third-order valence-electron chi connectivity index (χ3n) is 8.98. The molecule has 0 aromatic heterocycles. The fourth-order valence-electron chi connectivity index (χ4n) is 5.66. The second kappa shape index (κ2) is 40.6. The first-order chi connectivity index (χ1) is 26.3. The van der Waals surface area contributed by atoms with Crippen molar-refractivity contribution in [1.82, 2.24) is 5.32 Å². The normalized spacial score (nSPS) is 13.8. The van der Waals surface area contributed by atoms with Crippen LogP contribution in [0.25, 0.3) is 0 Å². The largest absolute Gasteiger partial charge is 0.472 e. The van der Waals surface area contributed by atoms with E-state index in [1.165, 1.54) is 83.5 Å². The molecule has 0 rings (SSSR count). The number of nitrogens with one attached hydrogen (secondary N) is 1. The van der Waals surface area contributed by atoms with E-state index < -0.39 is 26.5 Å². The number of carbonyl (C=O) groups excluding carboxylic acids is 2. The van der Waals surface area contributed by atoms with Gasteiger partial charge in [-0.15, -0.1) is 0 Å². The number of unbranched alkanes of at least 4 members (excludes halogenated alkanes) is 19. The lowest BCUT2D eigenvalue weighted by Crippen LogP contribution is -2.27. The molecule has 10 heteroatoms. The lowest BCUT2D eigenvalue weighted by molar-refractivity contribution is -0.147. The van der Waals surface area contributed by atoms with Gasteiger partial charge < -0.3 is 20.1 Å². The maximum atomic E-state index is 12.1. The van der Waals surface area contributed by atoms with Crippen molar-refractivity contribution in [3.63, 3.8) is 0 Å². The van der Waals surface area contributed by atoms with Crippen molar-refractivity contribution in [2.24, 2.45) is 0 Å². The van der Waals surface area contributed by atoms with E-state index in [2.05, 4.69) is 67.8 Å². The monoisotopic (exact) mass is 782 g/mol. The van der Waals surface area contributed by atoms with E-state index in [4.69, 9.17) is 13.8 Å². The second-order valence-corrected chi connectivity index (χ2v) is 15.8. The Morgan fingerprint density at radius 2 is 1.02 bits per heavy atom. The van der Waals surface area contributed by atoms with Crippen molar-refractivity contribution < 1.29 is 37.9 Å². The molecular formula is C44H80NO8P. The number of rotatable bonds is 40. The first-order valence-corrected chi connectivity index (χ1v) is 23.1. The molecule has 1 amide bonds. The van der Waals surface area contributed by atoms with Crippen LogP contribution in [0.2, 0.25) is 0 Å². The molecule has 2 unspecified atom stereocenters. The average molecular weight is 782 g/mol. The summed E-state index contributed by atoms with van der Waals surface area (Å²) < 4.78 is 26.8. The topological polar surface area (TPSA) is 131 Å². The summed E-state index contributed by atoms with van der Waals surface area (Å²) in [4.78, 5) is 33.9. The number of allylic oxidation sites excluding steroid dienone is 8. The van der Waals surface area contributed by atoms with Gasteiger partial charge in [-0.2, -0.15) is 0 Å². The fourth-order valence-corrected chi connectivity index (χ4v) is 6.42. The molecule has 0 aromatic rings. The molecule has 2 atom stereocenters. The molecule has 54 heavy (non-hydrogen) atoms. The molecule has 0 spiro atoms. The van der Waals surface area contributed by atoms with E-state index in [0.29, 0.717) is 6.42 Å². The Labute approximate surface area is 330 Å². The van der Waals surface area contributed by atoms with Crippen LogP contribution in [-0.4, -0.2) is 54.3 Å². The highest BCUT2D eigenvalue weighted by Crippen LogP contribution is 2.42. The van der Waals surface area contributed by atoms with E-state index in [-0.39, 0.29) is 32.1 Å². The number of hydrogen-bond donors (Lipinski definition) is 3. The summed E-state index contributed by atoms with van der Waals surface area (Å²) in [5.74, 6) is -0.536. The number of esters is 1. The summed E-state index contributed by atoms with van der Waals surface area (Å²) in [6.07, 6.45) is 46.1. The molecule has 0 bridgehead atoms. The zero-order valence-electron chi connectivity index (χ0n) is 34.4. The molecule has 0 saturated carbocycles. The summed E-state index contributed by atoms with van der Waals surface area (Å²) >= 11 is 0. The van der Waals surface area contributed by atoms with E-state index in [1.54, 1.807) is 0 Å². The van der Waals surface area contributed by atoms with Crippen LogP contribution in [0.4, 0.5) is 0 Å². The number of carbonyl (C=O) groups is 2. The molecule has 0 aliphatic carbocycles. The van der Waals surface area contributed by atoms with Crippen molar-refractivity contribution in [3.05, 3.63) is 48.6 Å². The highest BCUT2D eigenvalue weighted by Gasteiger charge is 2.23. The van der Waals surface area contributed by atoms with Gasteiger partial charge in [0.05, 0.1) is 13.2 Å². The first kappa shape index (κ1) is 52.0. The summed E-state index contributed by atoms with van der Waals surface area (Å²) in [6.45, 7) is 3.46. The third-order valence-corrected chi connectivity index (χ3v) is 9.97. The number of ether oxygens (including phenoxy) is 1. The van der Waals surface area contributed by atoms with Gasteiger partial charge in [0.2, 0.25) is 5.91 Å². The number of phosphoric ester groups is 1. The Morgan fingerprint density at radius 1 is 0.574 bits per heavy atom. The molecule has 9 nitrogen and oxygen atoms in total. The molecular weight excluding hydrogens is 701 g/mol. The van der Waals surface area contributed by atoms with Crippen LogP contribution >= 0.6 is 7.82 Å². The van der Waals surface area contributed by atoms with Gasteiger partial charge in [-0.25, -0.2) is 4.57 Å². The molecule has 3 N–H and O–H groups in total. The highest BCUT2D eigenvalue weighted by atomic mass is 31.2. The molecule has 0 aliphatic rings. The van der Waals surface area contributed by atoms with Crippen molar-refractivity contribution in [2.75, 3.05) is 26.4 Å². The summed E-state index contributed by atoms with van der Waals surface area (Å²) in [7, 11) is -4.42. The molecule has 0 aromatic carbocycles. The molecule has 0 heterocycles. The second-order valence-electron chi connectivity index (χ2n) is 14.3. The summed E-state index contributed by atoms with van der Waals surface area (Å²) in [5.41, 5.74) is 0. The number of aliphatic hydroxyl groups excluding tert-OH is 1. The van der Waals surface area contributed by atoms with Crippen LogP contribution in [0.15, 0.2) is 48.6 Å². The van der Waals surface area contributed by atoms with E-state index in [9.17, 15) is 24.2 Å². The van der Waals surface area contributed by atoms with E-state index in [1.807, 2.05) is 0 Å². The molecule has 0 fully saturated rings. The van der Waals surface area contributed by atoms with Crippen LogP contribution in [0, 0.1) is 0 Å². The standard InChI is InChI=1S/C44H80NO8P/c1-3-5-7-9-11-13-15-17-19-20-21-22-23-24-26-28-30-32-34-36-43(47)45-38-39-52-54(49,50)53-41-42(46)40-51-44(48)37-35-33-31-29-27-25-18-16-14-12-10-8-6-4-2/h10-13,16-19,42,46H,3-9,14-15,20-41H2,1-2H3,(H,45,47)(H,49,50)/b12-10-,13-11-,18-16-,19-17-. The van der Waals surface area contributed by atoms with Gasteiger partial charge >= 0.3 is 13.8 Å². The smallest absolute Gasteiger partial charge is 0.463 e. The summed E-state index contributed by atoms with van der Waals surface area (Å²) in [5, 5.41) is 12.7. The number of phosphoric acid groups is 1. The van der Waals surface area contributed by atoms with Gasteiger partial charge in [0.1, 0.15) is 12.7 Å². The fraction of sp³-hybridized carbons (Fsp3) is 0.773. The van der Waals surface area contributed by atoms with Crippen LogP contribution in [-0.2, 0) is 27.9 Å². The van der Waals surface area contributed by atoms with Crippen molar-refractivity contribution in [2.45, 2.75) is 193 Å². The van der Waals surface area contributed by atoms with E-state index in [0.717, 1.165) is 77.0 Å². The number of amides is 1. The lowest BCUT2D eigenvalue weighted by atomic mass is 10.1. The highest BCUT2D eigenvalue weighted by molar-refractivity contribution is 7.47. The number of hydrogen-bond acceptors (Lipinski definition) is 7. The molecule has 0 aliphatic heterocycles. The van der Waals surface area contributed by atoms with Gasteiger partial charge in [-0.1, -0.05) is 152 Å². The van der Waals surface area contributed by atoms with Crippen molar-refractivity contribution in [1.29, 1.82) is 0 Å². The SMILES string of the molecule is CCCC/C=C\C/C=C\CCCCCCCC(=O)OCC(O)COP(=O)(O)OCCNC(=O)CCCCCCCCCCC/C=C\C/C=C\CCCCC. The van der Waals surface area contributed by atoms with E-state index >= 15 is 0 Å². The van der Waals surface area contributed by atoms with Gasteiger partial charge in [0.25, 0.3) is 0 Å². The Morgan fingerprint density at radius 3 is 1.54 bits per heavy atom. The minimum absolute atomic E-state index is 0.0764. The quantitative estimate of drug-likeness (QED) is 0.0242. The maximum Gasteiger partial charge on any atom is 0.472 e. The Kier molecular flexibility index (Phi) is 39.1. The lowest BCUT2D eigenvalue weighted by Gasteiger charge is -2.15. The van der Waals surface area contributed by atoms with Crippen LogP contribution in [0.5, 0.6) is 0 Å². The van der Waals surface area contributed by atoms with Crippen LogP contribution in [0.3, 0.4) is 0 Å². The molecule has 0 radical (unpaired) electrons. The van der Waals surface area contributed by atoms with Crippen molar-refractivity contribution >= 4 is 19.7 Å². The Bertz CT molecular complexity index is 1030. The predicted molar refractivity (Wildman–Crippen MR) is 224 cm³/mol. The Balaban J connectivity index is 3.61. The Hall–Kier alpha value is -2.03. The predicted octanol–water partition coefficient (Wildman–Crippen LogP) is 11.9. The zero-order valence-corrected chi connectivity index (χ0v) is 35.3. The maximum absolute atomic E-state index is 12.1. The molecule has 314 valence electrons. The van der Waals surface area contributed by atoms with Gasteiger partial charge in [-0.05, 0) is 70.6 Å². The number of aliphatic hydroxyl groups is 1. The summed E-state index contributed by atoms with van der Waals surface area (Å²) in [6, 6.07) is 0. The third kappa shape index (κ3) is 41.1. The van der Waals surface area contributed by atoms with Crippen molar-refractivity contribution in [3.8, 4) is 0 Å². The average Bonchev–Trinajstić information content (AvgIpc) is 3.16. The van der Waals surface area contributed by atoms with Gasteiger partial charge in [-0.3, -0.25) is 18.6 Å². The van der Waals surface area contributed by atoms with Gasteiger partial charge in [0, 0.05) is 19.4 Å². The van der Waals surface area contributed by atoms with Crippen LogP contribution in [0.1, 0.15) is 187 Å². The minimum atomic E-state index is -4.42. The minimum Gasteiger partial charge on any atom is -0.463 e. The van der Waals surface area contributed by atoms with Crippen LogP contribution < -0.4 is 5.32 Å². The van der Waals surface area contributed by atoms with Gasteiger partial charge in [0.15, 0.2) is 0 Å². The first-order valence-electron chi connectivity index (χ1n) is 21.6.